The third kappa shape index (κ3) is 8.52. The maximum absolute atomic E-state index is 12.0. The second-order valence-corrected chi connectivity index (χ2v) is 13.3. The molecule has 0 saturated carbocycles. The summed E-state index contributed by atoms with van der Waals surface area (Å²) in [4.78, 5) is 13.5. The number of benzene rings is 2. The van der Waals surface area contributed by atoms with Crippen molar-refractivity contribution in [3.63, 3.8) is 0 Å². The summed E-state index contributed by atoms with van der Waals surface area (Å²) in [5.74, 6) is 0.107. The van der Waals surface area contributed by atoms with Crippen molar-refractivity contribution in [1.29, 1.82) is 0 Å². The highest BCUT2D eigenvalue weighted by Crippen LogP contribution is 2.26. The monoisotopic (exact) mass is 641 g/mol. The van der Waals surface area contributed by atoms with E-state index < -0.39 is 46.6 Å². The zero-order valence-electron chi connectivity index (χ0n) is 23.0. The number of allylic oxidation sites excluding steroid dienone is 1. The molecule has 228 valence electrons. The average Bonchev–Trinajstić information content (AvgIpc) is 2.87. The zero-order valence-corrected chi connectivity index (χ0v) is 25.4. The van der Waals surface area contributed by atoms with Crippen LogP contribution in [0.1, 0.15) is 50.6 Å². The van der Waals surface area contributed by atoms with E-state index in [0.717, 1.165) is 31.0 Å². The Morgan fingerprint density at radius 3 is 2.00 bits per heavy atom. The summed E-state index contributed by atoms with van der Waals surface area (Å²) in [5, 5.41) is 2.88. The molecule has 3 rings (SSSR count). The second-order valence-electron chi connectivity index (χ2n) is 9.11. The predicted molar refractivity (Wildman–Crippen MR) is 156 cm³/mol. The lowest BCUT2D eigenvalue weighted by atomic mass is 10.1. The number of hydrogen-bond donors (Lipinski definition) is 4. The summed E-state index contributed by atoms with van der Waals surface area (Å²) in [5.41, 5.74) is 0.234. The van der Waals surface area contributed by atoms with Gasteiger partial charge in [-0.05, 0) is 61.2 Å². The molecule has 0 spiro atoms. The lowest BCUT2D eigenvalue weighted by Crippen LogP contribution is -2.28. The molecule has 0 fully saturated rings. The van der Waals surface area contributed by atoms with Gasteiger partial charge < -0.3 is 10.2 Å². The molecule has 0 saturated heterocycles. The molecule has 0 unspecified atom stereocenters. The Morgan fingerprint density at radius 1 is 0.810 bits per heavy atom. The molecule has 42 heavy (non-hydrogen) atoms. The second kappa shape index (κ2) is 13.2. The number of hydrogen-bond acceptors (Lipinski definition) is 11. The summed E-state index contributed by atoms with van der Waals surface area (Å²) in [6, 6.07) is 6.77. The van der Waals surface area contributed by atoms with Crippen molar-refractivity contribution in [2.45, 2.75) is 54.7 Å². The van der Waals surface area contributed by atoms with Crippen LogP contribution in [0.5, 0.6) is 0 Å². The van der Waals surface area contributed by atoms with Crippen LogP contribution < -0.4 is 10.2 Å². The maximum Gasteiger partial charge on any atom is 0.295 e. The smallest absolute Gasteiger partial charge is 0.295 e. The van der Waals surface area contributed by atoms with Crippen molar-refractivity contribution >= 4 is 54.0 Å². The molecule has 3 aromatic rings. The lowest BCUT2D eigenvalue weighted by molar-refractivity contribution is 0.477. The van der Waals surface area contributed by atoms with Gasteiger partial charge in [-0.25, -0.2) is 0 Å². The first kappa shape index (κ1) is 33.0. The lowest BCUT2D eigenvalue weighted by Gasteiger charge is -2.22. The molecule has 1 aromatic heterocycles. The minimum Gasteiger partial charge on any atom is -0.341 e. The van der Waals surface area contributed by atoms with E-state index in [2.05, 4.69) is 20.3 Å². The molecular weight excluding hydrogens is 611 g/mol. The molecule has 0 amide bonds. The van der Waals surface area contributed by atoms with Crippen LogP contribution >= 0.6 is 0 Å². The molecule has 0 radical (unpaired) electrons. The molecule has 14 nitrogen and oxygen atoms in total. The average molecular weight is 642 g/mol. The topological polar surface area (TPSA) is 217 Å². The third-order valence-electron chi connectivity index (χ3n) is 5.79. The summed E-state index contributed by atoms with van der Waals surface area (Å²) in [7, 11) is -14.1. The van der Waals surface area contributed by atoms with Gasteiger partial charge in [0.1, 0.15) is 10.7 Å². The fraction of sp³-hybridized carbons (Fsp3) is 0.320. The molecule has 0 aliphatic carbocycles. The molecule has 4 N–H and O–H groups in total. The van der Waals surface area contributed by atoms with E-state index in [4.69, 9.17) is 0 Å². The van der Waals surface area contributed by atoms with Gasteiger partial charge in [-0.15, -0.1) is 0 Å². The Labute approximate surface area is 244 Å². The van der Waals surface area contributed by atoms with Crippen LogP contribution in [-0.2, 0) is 36.8 Å². The van der Waals surface area contributed by atoms with Gasteiger partial charge in [-0.2, -0.15) is 40.2 Å². The van der Waals surface area contributed by atoms with Crippen LogP contribution in [-0.4, -0.2) is 67.0 Å². The van der Waals surface area contributed by atoms with E-state index >= 15 is 0 Å². The largest absolute Gasteiger partial charge is 0.341 e. The number of nitrogens with zero attached hydrogens (tertiary/aromatic N) is 4. The number of nitrogens with one attached hydrogen (secondary N) is 1. The van der Waals surface area contributed by atoms with Crippen molar-refractivity contribution in [3.8, 4) is 0 Å². The van der Waals surface area contributed by atoms with Gasteiger partial charge in [0, 0.05) is 25.2 Å². The van der Waals surface area contributed by atoms with Crippen molar-refractivity contribution < 1.29 is 38.9 Å². The quantitative estimate of drug-likeness (QED) is 0.196. The highest BCUT2D eigenvalue weighted by Gasteiger charge is 2.22. The van der Waals surface area contributed by atoms with Crippen LogP contribution in [0.2, 0.25) is 0 Å². The van der Waals surface area contributed by atoms with Crippen molar-refractivity contribution in [2.75, 3.05) is 23.3 Å². The van der Waals surface area contributed by atoms with Crippen LogP contribution in [0, 0.1) is 0 Å². The highest BCUT2D eigenvalue weighted by atomic mass is 32.2. The summed E-state index contributed by atoms with van der Waals surface area (Å²) in [6.07, 6.45) is 4.18. The number of anilines is 3. The Morgan fingerprint density at radius 2 is 1.45 bits per heavy atom. The van der Waals surface area contributed by atoms with Gasteiger partial charge in [0.25, 0.3) is 30.4 Å². The Bertz CT molecular complexity index is 1800. The molecule has 1 heterocycles. The van der Waals surface area contributed by atoms with E-state index in [0.29, 0.717) is 13.1 Å². The van der Waals surface area contributed by atoms with Crippen molar-refractivity contribution in [2.24, 2.45) is 0 Å². The highest BCUT2D eigenvalue weighted by molar-refractivity contribution is 7.86. The first-order valence-corrected chi connectivity index (χ1v) is 17.0. The van der Waals surface area contributed by atoms with Gasteiger partial charge in [-0.3, -0.25) is 13.7 Å². The molecule has 0 aliphatic rings. The van der Waals surface area contributed by atoms with Crippen LogP contribution in [0.3, 0.4) is 0 Å². The maximum atomic E-state index is 12.0. The Balaban J connectivity index is 2.19. The fourth-order valence-electron chi connectivity index (χ4n) is 4.09. The van der Waals surface area contributed by atoms with Crippen LogP contribution in [0.25, 0.3) is 6.08 Å². The third-order valence-corrected chi connectivity index (χ3v) is 8.50. The van der Waals surface area contributed by atoms with E-state index in [9.17, 15) is 38.9 Å². The van der Waals surface area contributed by atoms with E-state index in [1.165, 1.54) is 24.3 Å². The molecular formula is C25H31N5O9S3. The number of aromatic nitrogens is 3. The van der Waals surface area contributed by atoms with Gasteiger partial charge >= 0.3 is 0 Å². The van der Waals surface area contributed by atoms with Gasteiger partial charge in [0.2, 0.25) is 11.9 Å². The molecule has 0 aliphatic heterocycles. The molecule has 2 aromatic carbocycles. The van der Waals surface area contributed by atoms with Crippen LogP contribution in [0.15, 0.2) is 57.2 Å². The molecule has 17 heteroatoms. The molecule has 0 bridgehead atoms. The fourth-order valence-corrected chi connectivity index (χ4v) is 6.04. The van der Waals surface area contributed by atoms with Gasteiger partial charge in [0.05, 0.1) is 9.79 Å². The van der Waals surface area contributed by atoms with E-state index in [-0.39, 0.29) is 39.4 Å². The van der Waals surface area contributed by atoms with E-state index in [1.807, 2.05) is 18.7 Å². The zero-order chi connectivity index (χ0) is 31.3. The van der Waals surface area contributed by atoms with Crippen LogP contribution in [0.4, 0.5) is 17.6 Å². The molecule has 0 atom stereocenters. The Kier molecular flexibility index (Phi) is 10.4. The summed E-state index contributed by atoms with van der Waals surface area (Å²) >= 11 is 0. The minimum atomic E-state index is -4.81. The minimum absolute atomic E-state index is 0.0300. The normalized spacial score (nSPS) is 12.5. The van der Waals surface area contributed by atoms with E-state index in [1.54, 1.807) is 13.0 Å². The standard InChI is InChI=1S/C25H31N5O9S3/c1-4-7-17-8-9-19(16-22(17)42(37,38)39)26-24-27-23(28-25(29-24)30(12-5-2)13-6-3)15-18-14-20(40(31,32)33)10-11-21(18)41(34,35)36/h4,7-11,14,16H,5-6,12-13,15H2,1-3H3,(H,31,32,33)(H,34,35,36)(H,37,38,39)(H,26,27,28,29)/b7-4+. The predicted octanol–water partition coefficient (Wildman–Crippen LogP) is 3.61. The number of rotatable bonds is 13. The first-order chi connectivity index (χ1) is 19.6. The SMILES string of the molecule is C/C=C/c1ccc(Nc2nc(Cc3cc(S(=O)(=O)O)ccc3S(=O)(=O)O)nc(N(CCC)CCC)n2)cc1S(=O)(=O)O. The van der Waals surface area contributed by atoms with Gasteiger partial charge in [-0.1, -0.05) is 32.1 Å². The van der Waals surface area contributed by atoms with Crippen molar-refractivity contribution in [3.05, 3.63) is 59.4 Å². The van der Waals surface area contributed by atoms with Crippen molar-refractivity contribution in [1.82, 2.24) is 15.0 Å². The first-order valence-electron chi connectivity index (χ1n) is 12.7. The Hall–Kier alpha value is -3.48. The summed E-state index contributed by atoms with van der Waals surface area (Å²) in [6.45, 7) is 6.69. The van der Waals surface area contributed by atoms with Gasteiger partial charge in [0.15, 0.2) is 0 Å². The summed E-state index contributed by atoms with van der Waals surface area (Å²) < 4.78 is 101.